The SMILES string of the molecule is O=C(CSc1nnc(-c2ccccc2)n1-c1ccccc1)N1NC=C[C@@]1(O)C(F)(F)F. The zero-order chi connectivity index (χ0) is 22.1. The Labute approximate surface area is 179 Å². The van der Waals surface area contributed by atoms with Crippen LogP contribution in [0.5, 0.6) is 0 Å². The van der Waals surface area contributed by atoms with Crippen LogP contribution in [-0.2, 0) is 4.79 Å². The van der Waals surface area contributed by atoms with E-state index in [0.29, 0.717) is 17.1 Å². The molecule has 0 unspecified atom stereocenters. The fourth-order valence-electron chi connectivity index (χ4n) is 3.02. The molecule has 0 spiro atoms. The van der Waals surface area contributed by atoms with E-state index in [0.717, 1.165) is 29.2 Å². The van der Waals surface area contributed by atoms with Gasteiger partial charge in [-0.15, -0.1) is 10.2 Å². The molecule has 1 aromatic heterocycles. The quantitative estimate of drug-likeness (QED) is 0.585. The summed E-state index contributed by atoms with van der Waals surface area (Å²) in [5.41, 5.74) is 0.251. The van der Waals surface area contributed by atoms with Gasteiger partial charge in [0.25, 0.3) is 11.6 Å². The van der Waals surface area contributed by atoms with Crippen LogP contribution < -0.4 is 5.43 Å². The van der Waals surface area contributed by atoms with Crippen molar-refractivity contribution in [1.29, 1.82) is 0 Å². The Balaban J connectivity index is 1.61. The van der Waals surface area contributed by atoms with Crippen LogP contribution in [0.2, 0.25) is 0 Å². The highest BCUT2D eigenvalue weighted by molar-refractivity contribution is 7.99. The van der Waals surface area contributed by atoms with Gasteiger partial charge in [0.1, 0.15) is 0 Å². The number of nitrogens with zero attached hydrogens (tertiary/aromatic N) is 4. The molecule has 0 radical (unpaired) electrons. The van der Waals surface area contributed by atoms with Gasteiger partial charge >= 0.3 is 6.18 Å². The number of para-hydroxylation sites is 1. The van der Waals surface area contributed by atoms with Gasteiger partial charge in [-0.1, -0.05) is 60.3 Å². The number of benzene rings is 2. The number of nitrogens with one attached hydrogen (secondary N) is 1. The Morgan fingerprint density at radius 3 is 2.35 bits per heavy atom. The summed E-state index contributed by atoms with van der Waals surface area (Å²) < 4.78 is 41.4. The first-order valence-electron chi connectivity index (χ1n) is 9.06. The van der Waals surface area contributed by atoms with Crippen molar-refractivity contribution in [3.8, 4) is 17.1 Å². The van der Waals surface area contributed by atoms with E-state index in [2.05, 4.69) is 15.6 Å². The lowest BCUT2D eigenvalue weighted by atomic mass is 10.2. The van der Waals surface area contributed by atoms with Gasteiger partial charge in [0.15, 0.2) is 11.0 Å². The normalized spacial score (nSPS) is 18.3. The van der Waals surface area contributed by atoms with Crippen LogP contribution in [0.25, 0.3) is 17.1 Å². The van der Waals surface area contributed by atoms with Gasteiger partial charge in [-0.05, 0) is 18.2 Å². The van der Waals surface area contributed by atoms with Crippen molar-refractivity contribution < 1.29 is 23.1 Å². The molecule has 7 nitrogen and oxygen atoms in total. The second-order valence-corrected chi connectivity index (χ2v) is 7.49. The van der Waals surface area contributed by atoms with Crippen molar-refractivity contribution in [3.63, 3.8) is 0 Å². The van der Waals surface area contributed by atoms with Crippen molar-refractivity contribution in [1.82, 2.24) is 25.2 Å². The van der Waals surface area contributed by atoms with Gasteiger partial charge in [0.2, 0.25) is 0 Å². The molecule has 1 aliphatic heterocycles. The van der Waals surface area contributed by atoms with Gasteiger partial charge in [-0.3, -0.25) is 9.36 Å². The van der Waals surface area contributed by atoms with Crippen LogP contribution >= 0.6 is 11.8 Å². The van der Waals surface area contributed by atoms with E-state index in [4.69, 9.17) is 0 Å². The Kier molecular flexibility index (Phi) is 5.46. The number of rotatable bonds is 5. The van der Waals surface area contributed by atoms with E-state index in [1.807, 2.05) is 60.7 Å². The van der Waals surface area contributed by atoms with E-state index < -0.39 is 23.6 Å². The average molecular weight is 447 g/mol. The smallest absolute Gasteiger partial charge is 0.359 e. The molecular formula is C20H16F3N5O2S. The molecule has 2 heterocycles. The minimum Gasteiger partial charge on any atom is -0.359 e. The van der Waals surface area contributed by atoms with Crippen LogP contribution in [0.15, 0.2) is 78.1 Å². The zero-order valence-corrected chi connectivity index (χ0v) is 16.6. The first-order chi connectivity index (χ1) is 14.8. The summed E-state index contributed by atoms with van der Waals surface area (Å²) >= 11 is 0.916. The van der Waals surface area contributed by atoms with Crippen molar-refractivity contribution in [2.45, 2.75) is 17.1 Å². The number of amides is 1. The molecule has 4 rings (SSSR count). The van der Waals surface area contributed by atoms with Crippen molar-refractivity contribution in [2.75, 3.05) is 5.75 Å². The Morgan fingerprint density at radius 1 is 1.06 bits per heavy atom. The van der Waals surface area contributed by atoms with Gasteiger partial charge in [-0.2, -0.15) is 13.2 Å². The molecule has 160 valence electrons. The summed E-state index contributed by atoms with van der Waals surface area (Å²) in [6.45, 7) is 0. The standard InChI is InChI=1S/C20H16F3N5O2S/c21-20(22,23)19(30)11-12-24-28(19)16(29)13-31-18-26-25-17(14-7-3-1-4-8-14)27(18)15-9-5-2-6-10-15/h1-12,24,30H,13H2/t19-/m1/s1. The molecule has 1 aliphatic rings. The maximum atomic E-state index is 13.2. The lowest BCUT2D eigenvalue weighted by Gasteiger charge is -2.33. The van der Waals surface area contributed by atoms with Gasteiger partial charge in [0, 0.05) is 17.5 Å². The number of hydrogen-bond acceptors (Lipinski definition) is 6. The molecule has 0 saturated heterocycles. The van der Waals surface area contributed by atoms with Crippen LogP contribution in [0.4, 0.5) is 13.2 Å². The summed E-state index contributed by atoms with van der Waals surface area (Å²) in [7, 11) is 0. The first-order valence-corrected chi connectivity index (χ1v) is 10.0. The van der Waals surface area contributed by atoms with Crippen molar-refractivity contribution in [2.24, 2.45) is 0 Å². The van der Waals surface area contributed by atoms with E-state index in [-0.39, 0.29) is 5.01 Å². The fourth-order valence-corrected chi connectivity index (χ4v) is 3.82. The molecule has 1 atom stereocenters. The summed E-state index contributed by atoms with van der Waals surface area (Å²) in [5.74, 6) is -0.861. The third-order valence-corrected chi connectivity index (χ3v) is 5.45. The predicted molar refractivity (Wildman–Crippen MR) is 108 cm³/mol. The highest BCUT2D eigenvalue weighted by atomic mass is 32.2. The molecule has 2 N–H and O–H groups in total. The Bertz CT molecular complexity index is 1110. The number of aromatic nitrogens is 3. The molecule has 11 heteroatoms. The van der Waals surface area contributed by atoms with Gasteiger partial charge in [-0.25, -0.2) is 5.01 Å². The zero-order valence-electron chi connectivity index (χ0n) is 15.8. The van der Waals surface area contributed by atoms with Crippen molar-refractivity contribution >= 4 is 17.7 Å². The highest BCUT2D eigenvalue weighted by Gasteiger charge is 2.60. The second-order valence-electron chi connectivity index (χ2n) is 6.55. The molecule has 2 aromatic carbocycles. The van der Waals surface area contributed by atoms with E-state index in [9.17, 15) is 23.1 Å². The summed E-state index contributed by atoms with van der Waals surface area (Å²) in [4.78, 5) is 12.5. The average Bonchev–Trinajstić information content (AvgIpc) is 3.37. The highest BCUT2D eigenvalue weighted by Crippen LogP contribution is 2.36. The molecule has 0 fully saturated rings. The third kappa shape index (κ3) is 3.89. The van der Waals surface area contributed by atoms with E-state index in [1.54, 1.807) is 4.57 Å². The minimum atomic E-state index is -5.06. The summed E-state index contributed by atoms with van der Waals surface area (Å²) in [6.07, 6.45) is -3.70. The van der Waals surface area contributed by atoms with Crippen molar-refractivity contribution in [3.05, 3.63) is 72.9 Å². The maximum Gasteiger partial charge on any atom is 0.442 e. The molecule has 0 aliphatic carbocycles. The topological polar surface area (TPSA) is 83.3 Å². The number of carbonyl (C=O) groups is 1. The summed E-state index contributed by atoms with van der Waals surface area (Å²) in [6, 6.07) is 18.4. The summed E-state index contributed by atoms with van der Waals surface area (Å²) in [5, 5.41) is 18.8. The number of aliphatic hydroxyl groups is 1. The predicted octanol–water partition coefficient (Wildman–Crippen LogP) is 3.14. The minimum absolute atomic E-state index is 0.154. The molecule has 0 bridgehead atoms. The van der Waals surface area contributed by atoms with Crippen LogP contribution in [0.3, 0.4) is 0 Å². The maximum absolute atomic E-state index is 13.2. The van der Waals surface area contributed by atoms with E-state index >= 15 is 0 Å². The fraction of sp³-hybridized carbons (Fsp3) is 0.150. The second kappa shape index (κ2) is 8.08. The Morgan fingerprint density at radius 2 is 1.71 bits per heavy atom. The third-order valence-electron chi connectivity index (χ3n) is 4.53. The monoisotopic (exact) mass is 447 g/mol. The van der Waals surface area contributed by atoms with Crippen LogP contribution in [0.1, 0.15) is 0 Å². The number of alkyl halides is 3. The van der Waals surface area contributed by atoms with Crippen LogP contribution in [0, 0.1) is 0 Å². The number of carbonyl (C=O) groups excluding carboxylic acids is 1. The molecule has 31 heavy (non-hydrogen) atoms. The number of halogens is 3. The van der Waals surface area contributed by atoms with Gasteiger partial charge < -0.3 is 10.5 Å². The largest absolute Gasteiger partial charge is 0.442 e. The van der Waals surface area contributed by atoms with E-state index in [1.165, 1.54) is 0 Å². The molecule has 3 aromatic rings. The number of hydrazine groups is 1. The number of hydrogen-bond donors (Lipinski definition) is 2. The first kappa shape index (κ1) is 20.9. The number of thioether (sulfide) groups is 1. The van der Waals surface area contributed by atoms with Crippen LogP contribution in [-0.4, -0.2) is 48.4 Å². The molecule has 0 saturated carbocycles. The van der Waals surface area contributed by atoms with Gasteiger partial charge in [0.05, 0.1) is 5.75 Å². The molecular weight excluding hydrogens is 431 g/mol. The Hall–Kier alpha value is -3.31. The lowest BCUT2D eigenvalue weighted by Crippen LogP contribution is -2.60. The molecule has 1 amide bonds. The lowest BCUT2D eigenvalue weighted by molar-refractivity contribution is -0.288.